The van der Waals surface area contributed by atoms with Crippen LogP contribution in [0.4, 0.5) is 0 Å². The molecule has 0 unspecified atom stereocenters. The first-order valence-corrected chi connectivity index (χ1v) is 8.96. The lowest BCUT2D eigenvalue weighted by atomic mass is 10.1. The van der Waals surface area contributed by atoms with Crippen molar-refractivity contribution in [3.8, 4) is 11.5 Å². The monoisotopic (exact) mass is 332 g/mol. The van der Waals surface area contributed by atoms with Gasteiger partial charge >= 0.3 is 0 Å². The molecule has 0 amide bonds. The van der Waals surface area contributed by atoms with E-state index in [0.29, 0.717) is 43.1 Å². The molecule has 1 aromatic heterocycles. The van der Waals surface area contributed by atoms with Gasteiger partial charge in [-0.2, -0.15) is 0 Å². The fourth-order valence-corrected chi connectivity index (χ4v) is 4.44. The number of benzene rings is 1. The summed E-state index contributed by atoms with van der Waals surface area (Å²) in [5.41, 5.74) is 2.41. The molecular weight excluding hydrogens is 316 g/mol. The van der Waals surface area contributed by atoms with E-state index in [9.17, 15) is 8.42 Å². The van der Waals surface area contributed by atoms with Gasteiger partial charge in [-0.3, -0.25) is 4.98 Å². The Hall–Kier alpha value is -2.12. The van der Waals surface area contributed by atoms with Crippen molar-refractivity contribution >= 4 is 10.0 Å². The van der Waals surface area contributed by atoms with Crippen molar-refractivity contribution in [2.75, 3.05) is 13.2 Å². The predicted octanol–water partition coefficient (Wildman–Crippen LogP) is 1.43. The van der Waals surface area contributed by atoms with Crippen LogP contribution in [0.5, 0.6) is 11.5 Å². The number of fused-ring (bicyclic) bond motifs is 2. The maximum absolute atomic E-state index is 12.9. The highest BCUT2D eigenvalue weighted by Gasteiger charge is 2.33. The van der Waals surface area contributed by atoms with Crippen LogP contribution in [0.25, 0.3) is 0 Å². The molecule has 23 heavy (non-hydrogen) atoms. The van der Waals surface area contributed by atoms with Crippen LogP contribution in [-0.4, -0.2) is 26.6 Å². The number of nitrogens with zero attached hydrogens (tertiary/aromatic N) is 1. The van der Waals surface area contributed by atoms with E-state index >= 15 is 0 Å². The zero-order valence-corrected chi connectivity index (χ0v) is 13.2. The number of aromatic nitrogens is 1. The molecule has 120 valence electrons. The molecule has 0 atom stereocenters. The molecule has 0 radical (unpaired) electrons. The van der Waals surface area contributed by atoms with Gasteiger partial charge in [-0.1, -0.05) is 6.07 Å². The fourth-order valence-electron chi connectivity index (χ4n) is 2.98. The summed E-state index contributed by atoms with van der Waals surface area (Å²) in [6.45, 7) is 1.20. The van der Waals surface area contributed by atoms with Crippen molar-refractivity contribution < 1.29 is 17.9 Å². The Kier molecular flexibility index (Phi) is 3.46. The summed E-state index contributed by atoms with van der Waals surface area (Å²) >= 11 is 0. The quantitative estimate of drug-likeness (QED) is 0.916. The van der Waals surface area contributed by atoms with Crippen LogP contribution in [0.15, 0.2) is 35.5 Å². The van der Waals surface area contributed by atoms with Gasteiger partial charge in [0, 0.05) is 42.9 Å². The number of pyridine rings is 1. The Morgan fingerprint density at radius 1 is 1.22 bits per heavy atom. The highest BCUT2D eigenvalue weighted by Crippen LogP contribution is 2.42. The second-order valence-electron chi connectivity index (χ2n) is 5.55. The van der Waals surface area contributed by atoms with Gasteiger partial charge in [-0.25, -0.2) is 13.1 Å². The van der Waals surface area contributed by atoms with E-state index in [1.165, 1.54) is 0 Å². The van der Waals surface area contributed by atoms with E-state index in [1.54, 1.807) is 18.5 Å². The van der Waals surface area contributed by atoms with Crippen LogP contribution in [0.2, 0.25) is 0 Å². The number of ether oxygens (including phenoxy) is 2. The molecule has 0 saturated heterocycles. The van der Waals surface area contributed by atoms with E-state index in [4.69, 9.17) is 9.47 Å². The zero-order chi connectivity index (χ0) is 15.9. The van der Waals surface area contributed by atoms with Gasteiger partial charge in [-0.15, -0.1) is 0 Å². The predicted molar refractivity (Wildman–Crippen MR) is 83.1 cm³/mol. The fraction of sp³-hybridized carbons (Fsp3) is 0.312. The van der Waals surface area contributed by atoms with Gasteiger partial charge in [0.2, 0.25) is 10.0 Å². The Morgan fingerprint density at radius 2 is 2.09 bits per heavy atom. The molecule has 6 nitrogen and oxygen atoms in total. The van der Waals surface area contributed by atoms with Crippen LogP contribution < -0.4 is 14.2 Å². The van der Waals surface area contributed by atoms with Crippen molar-refractivity contribution in [1.82, 2.24) is 9.71 Å². The average Bonchev–Trinajstić information content (AvgIpc) is 3.19. The van der Waals surface area contributed by atoms with Crippen LogP contribution in [-0.2, 0) is 29.4 Å². The lowest BCUT2D eigenvalue weighted by Crippen LogP contribution is -2.25. The van der Waals surface area contributed by atoms with Gasteiger partial charge in [0.05, 0.1) is 13.2 Å². The largest absolute Gasteiger partial charge is 0.493 e. The smallest absolute Gasteiger partial charge is 0.244 e. The Bertz CT molecular complexity index is 818. The molecule has 2 aliphatic rings. The summed E-state index contributed by atoms with van der Waals surface area (Å²) in [6, 6.07) is 5.51. The SMILES string of the molecule is O=S(=O)(NCc1cccnc1)c1c2c(cc3c1OCC3)OCC2. The number of rotatable bonds is 4. The summed E-state index contributed by atoms with van der Waals surface area (Å²) in [4.78, 5) is 4.23. The minimum absolute atomic E-state index is 0.190. The lowest BCUT2D eigenvalue weighted by molar-refractivity contribution is 0.347. The minimum atomic E-state index is -3.69. The summed E-state index contributed by atoms with van der Waals surface area (Å²) < 4.78 is 39.5. The lowest BCUT2D eigenvalue weighted by Gasteiger charge is -2.14. The van der Waals surface area contributed by atoms with Crippen molar-refractivity contribution in [2.45, 2.75) is 24.3 Å². The molecule has 3 heterocycles. The third kappa shape index (κ3) is 2.55. The molecule has 0 aliphatic carbocycles. The van der Waals surface area contributed by atoms with E-state index in [1.807, 2.05) is 12.1 Å². The summed E-state index contributed by atoms with van der Waals surface area (Å²) in [6.07, 6.45) is 4.58. The molecule has 0 spiro atoms. The minimum Gasteiger partial charge on any atom is -0.493 e. The molecule has 0 saturated carbocycles. The van der Waals surface area contributed by atoms with Gasteiger partial charge in [0.1, 0.15) is 16.4 Å². The highest BCUT2D eigenvalue weighted by atomic mass is 32.2. The standard InChI is InChI=1S/C16H16N2O4S/c19-23(20,18-10-11-2-1-5-17-9-11)16-13-4-7-21-14(13)8-12-3-6-22-15(12)16/h1-2,5,8-9,18H,3-4,6-7,10H2. The topological polar surface area (TPSA) is 77.5 Å². The van der Waals surface area contributed by atoms with Crippen molar-refractivity contribution in [2.24, 2.45) is 0 Å². The molecule has 2 aliphatic heterocycles. The second-order valence-corrected chi connectivity index (χ2v) is 7.26. The normalized spacial score (nSPS) is 15.7. The van der Waals surface area contributed by atoms with Crippen molar-refractivity contribution in [3.63, 3.8) is 0 Å². The first-order chi connectivity index (χ1) is 11.1. The first kappa shape index (κ1) is 14.5. The molecule has 2 aromatic rings. The summed E-state index contributed by atoms with van der Waals surface area (Å²) in [5, 5.41) is 0. The van der Waals surface area contributed by atoms with E-state index in [-0.39, 0.29) is 11.4 Å². The maximum atomic E-state index is 12.9. The number of hydrogen-bond acceptors (Lipinski definition) is 5. The maximum Gasteiger partial charge on any atom is 0.244 e. The van der Waals surface area contributed by atoms with Gasteiger partial charge in [-0.05, 0) is 17.7 Å². The van der Waals surface area contributed by atoms with Crippen molar-refractivity contribution in [1.29, 1.82) is 0 Å². The van der Waals surface area contributed by atoms with E-state index in [2.05, 4.69) is 9.71 Å². The number of nitrogens with one attached hydrogen (secondary N) is 1. The molecule has 4 rings (SSSR count). The molecule has 1 N–H and O–H groups in total. The van der Waals surface area contributed by atoms with Crippen LogP contribution >= 0.6 is 0 Å². The molecule has 0 bridgehead atoms. The summed E-state index contributed by atoms with van der Waals surface area (Å²) in [5.74, 6) is 1.14. The van der Waals surface area contributed by atoms with Crippen molar-refractivity contribution in [3.05, 3.63) is 47.3 Å². The van der Waals surface area contributed by atoms with Gasteiger partial charge < -0.3 is 9.47 Å². The average molecular weight is 332 g/mol. The Balaban J connectivity index is 1.72. The van der Waals surface area contributed by atoms with E-state index < -0.39 is 10.0 Å². The highest BCUT2D eigenvalue weighted by molar-refractivity contribution is 7.89. The molecule has 7 heteroatoms. The third-order valence-corrected chi connectivity index (χ3v) is 5.55. The third-order valence-electron chi connectivity index (χ3n) is 4.06. The van der Waals surface area contributed by atoms with Gasteiger partial charge in [0.15, 0.2) is 0 Å². The first-order valence-electron chi connectivity index (χ1n) is 7.48. The zero-order valence-electron chi connectivity index (χ0n) is 12.4. The second kappa shape index (κ2) is 5.50. The van der Waals surface area contributed by atoms with Crippen LogP contribution in [0.1, 0.15) is 16.7 Å². The Morgan fingerprint density at radius 3 is 2.91 bits per heavy atom. The van der Waals surface area contributed by atoms with Crippen LogP contribution in [0.3, 0.4) is 0 Å². The molecule has 0 fully saturated rings. The number of sulfonamides is 1. The Labute approximate surface area is 134 Å². The molecular formula is C16H16N2O4S. The summed E-state index contributed by atoms with van der Waals surface area (Å²) in [7, 11) is -3.69. The number of hydrogen-bond donors (Lipinski definition) is 1. The van der Waals surface area contributed by atoms with Gasteiger partial charge in [0.25, 0.3) is 0 Å². The molecule has 1 aromatic carbocycles. The van der Waals surface area contributed by atoms with Crippen LogP contribution in [0, 0.1) is 0 Å². The van der Waals surface area contributed by atoms with E-state index in [0.717, 1.165) is 11.1 Å².